The highest BCUT2D eigenvalue weighted by Gasteiger charge is 2.10. The average Bonchev–Trinajstić information content (AvgIpc) is 3.24. The molecule has 7 heteroatoms. The Labute approximate surface area is 190 Å². The van der Waals surface area contributed by atoms with Gasteiger partial charge < -0.3 is 19.6 Å². The zero-order valence-corrected chi connectivity index (χ0v) is 18.1. The van der Waals surface area contributed by atoms with E-state index in [0.717, 1.165) is 11.1 Å². The van der Waals surface area contributed by atoms with Crippen molar-refractivity contribution in [1.82, 2.24) is 9.55 Å². The molecule has 3 aromatic carbocycles. The second-order valence-electron chi connectivity index (χ2n) is 7.25. The smallest absolute Gasteiger partial charge is 0.330 e. The van der Waals surface area contributed by atoms with Gasteiger partial charge in [-0.05, 0) is 65.7 Å². The molecule has 4 rings (SSSR count). The van der Waals surface area contributed by atoms with Crippen molar-refractivity contribution in [3.05, 3.63) is 101 Å². The molecule has 2 N–H and O–H groups in total. The molecule has 1 heterocycles. The number of H-pyrrole nitrogens is 1. The summed E-state index contributed by atoms with van der Waals surface area (Å²) in [6, 6.07) is 18.7. The molecule has 0 spiro atoms. The second-order valence-corrected chi connectivity index (χ2v) is 7.25. The number of ketones is 1. The minimum Gasteiger partial charge on any atom is -0.508 e. The van der Waals surface area contributed by atoms with Crippen LogP contribution < -0.4 is 15.2 Å². The molecule has 166 valence electrons. The van der Waals surface area contributed by atoms with Gasteiger partial charge in [0.1, 0.15) is 5.75 Å². The molecule has 1 aromatic heterocycles. The summed E-state index contributed by atoms with van der Waals surface area (Å²) >= 11 is 0. The highest BCUT2D eigenvalue weighted by atomic mass is 16.5. The van der Waals surface area contributed by atoms with Crippen LogP contribution in [-0.2, 0) is 0 Å². The Bertz CT molecular complexity index is 1380. The average molecular weight is 442 g/mol. The summed E-state index contributed by atoms with van der Waals surface area (Å²) in [5.74, 6) is 1.13. The standard InChI is InChI=1S/C26H22N2O5/c1-32-24-13-7-17(14-25(24)33-2)6-12-23(30)19-4-3-5-20(15-19)28-16-22(27-26(28)31)18-8-10-21(29)11-9-18/h3-16,29H,1-2H3,(H,27,31). The maximum absolute atomic E-state index is 12.8. The minimum atomic E-state index is -0.330. The third kappa shape index (κ3) is 4.72. The van der Waals surface area contributed by atoms with E-state index in [2.05, 4.69) is 4.98 Å². The van der Waals surface area contributed by atoms with Crippen LogP contribution in [0.3, 0.4) is 0 Å². The van der Waals surface area contributed by atoms with E-state index >= 15 is 0 Å². The van der Waals surface area contributed by atoms with Gasteiger partial charge in [-0.25, -0.2) is 4.79 Å². The van der Waals surface area contributed by atoms with Crippen LogP contribution in [0.25, 0.3) is 23.0 Å². The Hall–Kier alpha value is -4.52. The van der Waals surface area contributed by atoms with Gasteiger partial charge in [-0.3, -0.25) is 9.36 Å². The maximum atomic E-state index is 12.8. The maximum Gasteiger partial charge on any atom is 0.330 e. The number of carbonyl (C=O) groups is 1. The van der Waals surface area contributed by atoms with Gasteiger partial charge in [0.15, 0.2) is 17.3 Å². The molecule has 0 unspecified atom stereocenters. The van der Waals surface area contributed by atoms with E-state index in [4.69, 9.17) is 9.47 Å². The van der Waals surface area contributed by atoms with Gasteiger partial charge >= 0.3 is 5.69 Å². The molecule has 4 aromatic rings. The molecule has 0 saturated carbocycles. The number of imidazole rings is 1. The normalized spacial score (nSPS) is 11.0. The molecule has 0 bridgehead atoms. The molecular weight excluding hydrogens is 420 g/mol. The molecule has 0 fully saturated rings. The summed E-state index contributed by atoms with van der Waals surface area (Å²) in [6.07, 6.45) is 4.84. The van der Waals surface area contributed by atoms with Crippen molar-refractivity contribution in [2.24, 2.45) is 0 Å². The number of carbonyl (C=O) groups excluding carboxylic acids is 1. The quantitative estimate of drug-likeness (QED) is 0.326. The molecule has 0 amide bonds. The van der Waals surface area contributed by atoms with Gasteiger partial charge in [-0.1, -0.05) is 24.3 Å². The van der Waals surface area contributed by atoms with Crippen LogP contribution in [0.1, 0.15) is 15.9 Å². The minimum absolute atomic E-state index is 0.146. The number of phenols is 1. The lowest BCUT2D eigenvalue weighted by molar-refractivity contribution is 0.104. The Morgan fingerprint density at radius 1 is 0.970 bits per heavy atom. The largest absolute Gasteiger partial charge is 0.508 e. The van der Waals surface area contributed by atoms with Gasteiger partial charge in [0.25, 0.3) is 0 Å². The number of allylic oxidation sites excluding steroid dienone is 1. The first kappa shape index (κ1) is 21.7. The first-order chi connectivity index (χ1) is 16.0. The number of nitrogens with one attached hydrogen (secondary N) is 1. The van der Waals surface area contributed by atoms with Crippen molar-refractivity contribution in [2.75, 3.05) is 14.2 Å². The monoisotopic (exact) mass is 442 g/mol. The van der Waals surface area contributed by atoms with Crippen LogP contribution in [-0.4, -0.2) is 34.7 Å². The van der Waals surface area contributed by atoms with Crippen molar-refractivity contribution in [1.29, 1.82) is 0 Å². The molecule has 0 saturated heterocycles. The summed E-state index contributed by atoms with van der Waals surface area (Å²) in [5, 5.41) is 9.46. The van der Waals surface area contributed by atoms with Crippen LogP contribution in [0, 0.1) is 0 Å². The van der Waals surface area contributed by atoms with E-state index in [1.165, 1.54) is 10.6 Å². The van der Waals surface area contributed by atoms with Gasteiger partial charge in [0.05, 0.1) is 25.6 Å². The SMILES string of the molecule is COc1ccc(C=CC(=O)c2cccc(-n3cc(-c4ccc(O)cc4)[nH]c3=O)c2)cc1OC. The molecule has 0 aliphatic rings. The summed E-state index contributed by atoms with van der Waals surface area (Å²) in [4.78, 5) is 28.1. The lowest BCUT2D eigenvalue weighted by atomic mass is 10.1. The van der Waals surface area contributed by atoms with E-state index in [-0.39, 0.29) is 17.2 Å². The fraction of sp³-hybridized carbons (Fsp3) is 0.0769. The predicted octanol–water partition coefficient (Wildman–Crippen LogP) is 4.45. The molecule has 33 heavy (non-hydrogen) atoms. The van der Waals surface area contributed by atoms with E-state index < -0.39 is 0 Å². The van der Waals surface area contributed by atoms with E-state index in [1.54, 1.807) is 87.2 Å². The number of aromatic nitrogens is 2. The first-order valence-corrected chi connectivity index (χ1v) is 10.1. The van der Waals surface area contributed by atoms with Crippen LogP contribution >= 0.6 is 0 Å². The van der Waals surface area contributed by atoms with Crippen LogP contribution in [0.4, 0.5) is 0 Å². The van der Waals surface area contributed by atoms with Crippen molar-refractivity contribution in [2.45, 2.75) is 0 Å². The van der Waals surface area contributed by atoms with Gasteiger partial charge in [0, 0.05) is 11.8 Å². The number of phenolic OH excluding ortho intramolecular Hbond substituents is 1. The number of hydrogen-bond acceptors (Lipinski definition) is 5. The first-order valence-electron chi connectivity index (χ1n) is 10.1. The predicted molar refractivity (Wildman–Crippen MR) is 126 cm³/mol. The fourth-order valence-electron chi connectivity index (χ4n) is 3.41. The summed E-state index contributed by atoms with van der Waals surface area (Å²) in [5.41, 5.74) is 2.83. The van der Waals surface area contributed by atoms with Crippen LogP contribution in [0.5, 0.6) is 17.2 Å². The highest BCUT2D eigenvalue weighted by molar-refractivity contribution is 6.07. The molecule has 0 aliphatic heterocycles. The van der Waals surface area contributed by atoms with E-state index in [1.807, 2.05) is 6.07 Å². The summed E-state index contributed by atoms with van der Waals surface area (Å²) < 4.78 is 12.0. The molecular formula is C26H22N2O5. The molecule has 7 nitrogen and oxygen atoms in total. The number of benzene rings is 3. The second kappa shape index (κ2) is 9.32. The number of aromatic amines is 1. The molecule has 0 radical (unpaired) electrons. The Balaban J connectivity index is 1.58. The van der Waals surface area contributed by atoms with E-state index in [9.17, 15) is 14.7 Å². The zero-order chi connectivity index (χ0) is 23.4. The fourth-order valence-corrected chi connectivity index (χ4v) is 3.41. The zero-order valence-electron chi connectivity index (χ0n) is 18.1. The molecule has 0 aliphatic carbocycles. The van der Waals surface area contributed by atoms with E-state index in [0.29, 0.717) is 28.4 Å². The Morgan fingerprint density at radius 3 is 2.45 bits per heavy atom. The highest BCUT2D eigenvalue weighted by Crippen LogP contribution is 2.28. The lowest BCUT2D eigenvalue weighted by Crippen LogP contribution is -2.14. The Kier molecular flexibility index (Phi) is 6.13. The summed E-state index contributed by atoms with van der Waals surface area (Å²) in [7, 11) is 3.12. The topological polar surface area (TPSA) is 93.5 Å². The van der Waals surface area contributed by atoms with Crippen molar-refractivity contribution < 1.29 is 19.4 Å². The van der Waals surface area contributed by atoms with Crippen molar-refractivity contribution >= 4 is 11.9 Å². The summed E-state index contributed by atoms with van der Waals surface area (Å²) in [6.45, 7) is 0. The van der Waals surface area contributed by atoms with Crippen LogP contribution in [0.15, 0.2) is 83.8 Å². The van der Waals surface area contributed by atoms with Gasteiger partial charge in [-0.2, -0.15) is 0 Å². The number of nitrogens with zero attached hydrogens (tertiary/aromatic N) is 1. The van der Waals surface area contributed by atoms with Crippen LogP contribution in [0.2, 0.25) is 0 Å². The number of methoxy groups -OCH3 is 2. The van der Waals surface area contributed by atoms with Crippen molar-refractivity contribution in [3.63, 3.8) is 0 Å². The van der Waals surface area contributed by atoms with Gasteiger partial charge in [-0.15, -0.1) is 0 Å². The third-order valence-corrected chi connectivity index (χ3v) is 5.14. The lowest BCUT2D eigenvalue weighted by Gasteiger charge is -2.07. The molecule has 0 atom stereocenters. The number of ether oxygens (including phenoxy) is 2. The Morgan fingerprint density at radius 2 is 1.73 bits per heavy atom. The number of rotatable bonds is 7. The number of aromatic hydroxyl groups is 1. The van der Waals surface area contributed by atoms with Gasteiger partial charge in [0.2, 0.25) is 0 Å². The van der Waals surface area contributed by atoms with Crippen molar-refractivity contribution in [3.8, 4) is 34.2 Å². The number of hydrogen-bond donors (Lipinski definition) is 2. The third-order valence-electron chi connectivity index (χ3n) is 5.14.